The van der Waals surface area contributed by atoms with Crippen molar-refractivity contribution in [3.05, 3.63) is 23.3 Å². The predicted octanol–water partition coefficient (Wildman–Crippen LogP) is 7.21. The predicted molar refractivity (Wildman–Crippen MR) is 87.6 cm³/mol. The first-order valence-electron chi connectivity index (χ1n) is 9.21. The van der Waals surface area contributed by atoms with E-state index in [1.807, 2.05) is 0 Å². The van der Waals surface area contributed by atoms with E-state index in [9.17, 15) is 52.7 Å². The Kier molecular flexibility index (Phi) is 8.43. The van der Waals surface area contributed by atoms with Crippen molar-refractivity contribution in [1.82, 2.24) is 0 Å². The van der Waals surface area contributed by atoms with E-state index in [0.29, 0.717) is 6.42 Å². The first-order chi connectivity index (χ1) is 14.3. The summed E-state index contributed by atoms with van der Waals surface area (Å²) in [6, 6.07) is 0. The van der Waals surface area contributed by atoms with Crippen LogP contribution in [0.1, 0.15) is 39.0 Å². The summed E-state index contributed by atoms with van der Waals surface area (Å²) in [6.07, 6.45) is -26.8. The zero-order valence-corrected chi connectivity index (χ0v) is 16.7. The summed E-state index contributed by atoms with van der Waals surface area (Å²) < 4.78 is 171. The molecular formula is C18H20F12O2. The van der Waals surface area contributed by atoms with Crippen LogP contribution in [-0.4, -0.2) is 49.6 Å². The van der Waals surface area contributed by atoms with Gasteiger partial charge in [-0.1, -0.05) is 31.9 Å². The van der Waals surface area contributed by atoms with E-state index < -0.39 is 72.6 Å². The first-order valence-corrected chi connectivity index (χ1v) is 9.21. The van der Waals surface area contributed by atoms with Crippen LogP contribution >= 0.6 is 0 Å². The quantitative estimate of drug-likeness (QED) is 0.261. The van der Waals surface area contributed by atoms with Gasteiger partial charge in [0.2, 0.25) is 0 Å². The molecule has 0 aromatic carbocycles. The summed E-state index contributed by atoms with van der Waals surface area (Å²) in [4.78, 5) is 0. The van der Waals surface area contributed by atoms with Gasteiger partial charge in [-0.05, 0) is 30.4 Å². The van der Waals surface area contributed by atoms with Gasteiger partial charge in [0, 0.05) is 13.7 Å². The molecule has 0 N–H and O–H groups in total. The second kappa shape index (κ2) is 9.43. The number of hydrogen-bond acceptors (Lipinski definition) is 2. The van der Waals surface area contributed by atoms with E-state index >= 15 is 0 Å². The number of alkyl halides is 12. The number of hydrogen-bond donors (Lipinski definition) is 0. The minimum absolute atomic E-state index is 0.00591. The summed E-state index contributed by atoms with van der Waals surface area (Å²) in [5.41, 5.74) is -14.0. The summed E-state index contributed by atoms with van der Waals surface area (Å²) in [5.74, 6) is 0. The van der Waals surface area contributed by atoms with E-state index in [-0.39, 0.29) is 26.0 Å². The normalized spacial score (nSPS) is 17.3. The van der Waals surface area contributed by atoms with Crippen LogP contribution in [0.15, 0.2) is 23.3 Å². The number of methoxy groups -OCH3 is 1. The summed E-state index contributed by atoms with van der Waals surface area (Å²) in [7, 11) is 0.00591. The molecule has 1 aliphatic rings. The number of allylic oxidation sites excluding steroid dienone is 1. The highest BCUT2D eigenvalue weighted by Gasteiger charge is 2.76. The van der Waals surface area contributed by atoms with Gasteiger partial charge < -0.3 is 9.47 Å². The molecule has 0 heterocycles. The van der Waals surface area contributed by atoms with Crippen molar-refractivity contribution in [2.75, 3.05) is 13.7 Å². The lowest BCUT2D eigenvalue weighted by molar-refractivity contribution is -0.366. The third-order valence-electron chi connectivity index (χ3n) is 4.94. The highest BCUT2D eigenvalue weighted by atomic mass is 19.4. The SMILES string of the molecule is CCCCCOC(C1=CC(C(OC)(C(F)(F)F)C(F)(F)F)=CCC1)(C(F)(F)F)C(F)(F)F. The van der Waals surface area contributed by atoms with Gasteiger partial charge in [0.15, 0.2) is 0 Å². The van der Waals surface area contributed by atoms with Crippen molar-refractivity contribution in [2.24, 2.45) is 0 Å². The Balaban J connectivity index is 3.77. The Morgan fingerprint density at radius 1 is 0.750 bits per heavy atom. The van der Waals surface area contributed by atoms with E-state index in [4.69, 9.17) is 0 Å². The van der Waals surface area contributed by atoms with Gasteiger partial charge >= 0.3 is 24.7 Å². The molecule has 0 aliphatic heterocycles. The Hall–Kier alpha value is -1.44. The van der Waals surface area contributed by atoms with Crippen molar-refractivity contribution in [3.8, 4) is 0 Å². The molecule has 0 saturated heterocycles. The number of unbranched alkanes of at least 4 members (excludes halogenated alkanes) is 2. The molecule has 0 unspecified atom stereocenters. The van der Waals surface area contributed by atoms with Crippen LogP contribution in [0.3, 0.4) is 0 Å². The number of halogens is 12. The highest BCUT2D eigenvalue weighted by molar-refractivity contribution is 5.43. The molecule has 0 atom stereocenters. The van der Waals surface area contributed by atoms with Gasteiger partial charge in [-0.2, -0.15) is 52.7 Å². The molecule has 0 radical (unpaired) electrons. The molecule has 0 aromatic heterocycles. The lowest BCUT2D eigenvalue weighted by atomic mass is 9.79. The Morgan fingerprint density at radius 3 is 1.59 bits per heavy atom. The summed E-state index contributed by atoms with van der Waals surface area (Å²) in [5, 5.41) is 0. The first kappa shape index (κ1) is 28.6. The second-order valence-corrected chi connectivity index (χ2v) is 6.98. The fourth-order valence-electron chi connectivity index (χ4n) is 3.42. The van der Waals surface area contributed by atoms with Crippen molar-refractivity contribution >= 4 is 0 Å². The topological polar surface area (TPSA) is 18.5 Å². The smallest absolute Gasteiger partial charge is 0.357 e. The Bertz CT molecular complexity index is 667. The standard InChI is InChI=1S/C18H20F12O2/c1-3-4-5-9-32-14(17(25,26)27,18(28,29)30)12-8-6-7-11(10-12)13(31-2,15(19,20)21)16(22,23)24/h7,10H,3-6,8-9H2,1-2H3. The van der Waals surface area contributed by atoms with Crippen molar-refractivity contribution in [3.63, 3.8) is 0 Å². The fraction of sp³-hybridized carbons (Fsp3) is 0.778. The Labute approximate surface area is 175 Å². The molecule has 0 aromatic rings. The van der Waals surface area contributed by atoms with Crippen LogP contribution in [0.4, 0.5) is 52.7 Å². The molecular weight excluding hydrogens is 476 g/mol. The third kappa shape index (κ3) is 4.90. The molecule has 0 spiro atoms. The Morgan fingerprint density at radius 2 is 1.22 bits per heavy atom. The van der Waals surface area contributed by atoms with Gasteiger partial charge in [0.25, 0.3) is 11.2 Å². The van der Waals surface area contributed by atoms with Crippen LogP contribution in [0.25, 0.3) is 0 Å². The highest BCUT2D eigenvalue weighted by Crippen LogP contribution is 2.56. The maximum absolute atomic E-state index is 13.8. The summed E-state index contributed by atoms with van der Waals surface area (Å²) in [6.45, 7) is 0.525. The van der Waals surface area contributed by atoms with Gasteiger partial charge in [-0.3, -0.25) is 0 Å². The molecule has 1 aliphatic carbocycles. The van der Waals surface area contributed by atoms with Crippen LogP contribution in [-0.2, 0) is 9.47 Å². The van der Waals surface area contributed by atoms with Gasteiger partial charge in [0.05, 0.1) is 0 Å². The molecule has 188 valence electrons. The van der Waals surface area contributed by atoms with Gasteiger partial charge in [-0.25, -0.2) is 0 Å². The maximum Gasteiger partial charge on any atom is 0.430 e. The zero-order valence-electron chi connectivity index (χ0n) is 16.7. The molecule has 14 heteroatoms. The van der Waals surface area contributed by atoms with Crippen LogP contribution in [0.2, 0.25) is 0 Å². The molecule has 0 bridgehead atoms. The molecule has 0 saturated carbocycles. The lowest BCUT2D eigenvalue weighted by Crippen LogP contribution is -2.62. The van der Waals surface area contributed by atoms with E-state index in [1.54, 1.807) is 6.92 Å². The van der Waals surface area contributed by atoms with Crippen molar-refractivity contribution in [2.45, 2.75) is 74.9 Å². The van der Waals surface area contributed by atoms with Crippen LogP contribution < -0.4 is 0 Å². The molecule has 2 nitrogen and oxygen atoms in total. The average molecular weight is 496 g/mol. The second-order valence-electron chi connectivity index (χ2n) is 6.98. The van der Waals surface area contributed by atoms with Crippen molar-refractivity contribution < 1.29 is 62.2 Å². The molecule has 0 fully saturated rings. The largest absolute Gasteiger partial charge is 0.430 e. The van der Waals surface area contributed by atoms with E-state index in [0.717, 1.165) is 0 Å². The van der Waals surface area contributed by atoms with E-state index in [2.05, 4.69) is 9.47 Å². The van der Waals surface area contributed by atoms with Crippen LogP contribution in [0.5, 0.6) is 0 Å². The van der Waals surface area contributed by atoms with Gasteiger partial charge in [0.1, 0.15) is 0 Å². The minimum Gasteiger partial charge on any atom is -0.357 e. The summed E-state index contributed by atoms with van der Waals surface area (Å²) >= 11 is 0. The van der Waals surface area contributed by atoms with Crippen molar-refractivity contribution in [1.29, 1.82) is 0 Å². The fourth-order valence-corrected chi connectivity index (χ4v) is 3.42. The minimum atomic E-state index is -6.24. The number of rotatable bonds is 8. The molecule has 32 heavy (non-hydrogen) atoms. The average Bonchev–Trinajstić information content (AvgIpc) is 2.58. The maximum atomic E-state index is 13.8. The van der Waals surface area contributed by atoms with E-state index in [1.165, 1.54) is 0 Å². The lowest BCUT2D eigenvalue weighted by Gasteiger charge is -2.42. The third-order valence-corrected chi connectivity index (χ3v) is 4.94. The molecule has 1 rings (SSSR count). The van der Waals surface area contributed by atoms with Crippen LogP contribution in [0, 0.1) is 0 Å². The monoisotopic (exact) mass is 496 g/mol. The number of ether oxygens (including phenoxy) is 2. The molecule has 0 amide bonds. The van der Waals surface area contributed by atoms with Gasteiger partial charge in [-0.15, -0.1) is 0 Å². The zero-order chi connectivity index (χ0) is 25.2.